The van der Waals surface area contributed by atoms with Crippen LogP contribution in [0.15, 0.2) is 10.8 Å². The van der Waals surface area contributed by atoms with Gasteiger partial charge in [-0.05, 0) is 15.9 Å². The van der Waals surface area contributed by atoms with Crippen molar-refractivity contribution in [3.63, 3.8) is 0 Å². The van der Waals surface area contributed by atoms with Gasteiger partial charge in [0.2, 0.25) is 0 Å². The van der Waals surface area contributed by atoms with Gasteiger partial charge in [-0.3, -0.25) is 0 Å². The standard InChI is InChI=1S/C4H4BrF2N3/c5-3-2(8)1-9-10(3)4(6)7/h1,4H,8H2. The van der Waals surface area contributed by atoms with Crippen LogP contribution in [0.3, 0.4) is 0 Å². The zero-order valence-electron chi connectivity index (χ0n) is 4.76. The monoisotopic (exact) mass is 211 g/mol. The quantitative estimate of drug-likeness (QED) is 0.768. The second kappa shape index (κ2) is 2.53. The summed E-state index contributed by atoms with van der Waals surface area (Å²) in [4.78, 5) is 0. The predicted molar refractivity (Wildman–Crippen MR) is 35.6 cm³/mol. The van der Waals surface area contributed by atoms with E-state index in [4.69, 9.17) is 5.73 Å². The Morgan fingerprint density at radius 3 is 2.50 bits per heavy atom. The van der Waals surface area contributed by atoms with E-state index in [0.717, 1.165) is 6.20 Å². The van der Waals surface area contributed by atoms with Crippen LogP contribution >= 0.6 is 15.9 Å². The van der Waals surface area contributed by atoms with Crippen LogP contribution in [0.2, 0.25) is 0 Å². The number of halogens is 3. The van der Waals surface area contributed by atoms with Crippen molar-refractivity contribution in [1.29, 1.82) is 0 Å². The van der Waals surface area contributed by atoms with Gasteiger partial charge in [-0.15, -0.1) is 0 Å². The molecule has 0 saturated heterocycles. The van der Waals surface area contributed by atoms with Crippen LogP contribution < -0.4 is 5.73 Å². The van der Waals surface area contributed by atoms with Crippen LogP contribution in [-0.2, 0) is 0 Å². The Labute approximate surface area is 63.9 Å². The molecule has 0 amide bonds. The molecule has 0 aromatic carbocycles. The molecule has 0 spiro atoms. The topological polar surface area (TPSA) is 43.8 Å². The summed E-state index contributed by atoms with van der Waals surface area (Å²) in [6.45, 7) is -2.65. The molecule has 6 heteroatoms. The zero-order chi connectivity index (χ0) is 7.72. The number of rotatable bonds is 1. The van der Waals surface area contributed by atoms with E-state index in [9.17, 15) is 8.78 Å². The van der Waals surface area contributed by atoms with Crippen molar-refractivity contribution in [1.82, 2.24) is 9.78 Å². The Morgan fingerprint density at radius 2 is 2.30 bits per heavy atom. The molecule has 0 saturated carbocycles. The highest BCUT2D eigenvalue weighted by Gasteiger charge is 2.12. The third-order valence-corrected chi connectivity index (χ3v) is 1.77. The number of alkyl halides is 2. The lowest BCUT2D eigenvalue weighted by Gasteiger charge is -1.98. The Morgan fingerprint density at radius 1 is 1.70 bits per heavy atom. The van der Waals surface area contributed by atoms with Crippen LogP contribution in [0, 0.1) is 0 Å². The molecule has 2 N–H and O–H groups in total. The fourth-order valence-electron chi connectivity index (χ4n) is 0.497. The molecule has 56 valence electrons. The van der Waals surface area contributed by atoms with Gasteiger partial charge in [0.15, 0.2) is 0 Å². The predicted octanol–water partition coefficient (Wildman–Crippen LogP) is 1.62. The van der Waals surface area contributed by atoms with E-state index in [1.807, 2.05) is 0 Å². The zero-order valence-corrected chi connectivity index (χ0v) is 6.35. The molecule has 0 aliphatic carbocycles. The lowest BCUT2D eigenvalue weighted by Crippen LogP contribution is -2.00. The van der Waals surface area contributed by atoms with Crippen molar-refractivity contribution in [2.75, 3.05) is 5.73 Å². The molecular weight excluding hydrogens is 208 g/mol. The molecule has 0 bridgehead atoms. The van der Waals surface area contributed by atoms with Gasteiger partial charge in [0.05, 0.1) is 11.9 Å². The van der Waals surface area contributed by atoms with Gasteiger partial charge in [-0.1, -0.05) is 0 Å². The maximum atomic E-state index is 11.9. The van der Waals surface area contributed by atoms with Crippen molar-refractivity contribution in [3.8, 4) is 0 Å². The maximum Gasteiger partial charge on any atom is 0.334 e. The van der Waals surface area contributed by atoms with Crippen molar-refractivity contribution >= 4 is 21.6 Å². The maximum absolute atomic E-state index is 11.9. The Kier molecular flexibility index (Phi) is 1.89. The van der Waals surface area contributed by atoms with Gasteiger partial charge in [-0.25, -0.2) is 0 Å². The van der Waals surface area contributed by atoms with Gasteiger partial charge in [-0.2, -0.15) is 18.6 Å². The number of hydrogen-bond acceptors (Lipinski definition) is 2. The molecule has 0 atom stereocenters. The molecule has 0 aliphatic rings. The van der Waals surface area contributed by atoms with Crippen molar-refractivity contribution in [2.24, 2.45) is 0 Å². The highest BCUT2D eigenvalue weighted by atomic mass is 79.9. The second-order valence-corrected chi connectivity index (χ2v) is 2.36. The molecule has 3 nitrogen and oxygen atoms in total. The van der Waals surface area contributed by atoms with Crippen LogP contribution in [0.5, 0.6) is 0 Å². The van der Waals surface area contributed by atoms with E-state index < -0.39 is 6.55 Å². The highest BCUT2D eigenvalue weighted by molar-refractivity contribution is 9.10. The summed E-state index contributed by atoms with van der Waals surface area (Å²) in [5.41, 5.74) is 5.42. The van der Waals surface area contributed by atoms with Crippen LogP contribution in [0.25, 0.3) is 0 Å². The number of nitrogen functional groups attached to an aromatic ring is 1. The fourth-order valence-corrected chi connectivity index (χ4v) is 0.845. The molecular formula is C4H4BrF2N3. The average molecular weight is 212 g/mol. The molecule has 0 radical (unpaired) electrons. The summed E-state index contributed by atoms with van der Waals surface area (Å²) in [5.74, 6) is 0. The average Bonchev–Trinajstić information content (AvgIpc) is 2.14. The SMILES string of the molecule is Nc1cnn(C(F)F)c1Br. The van der Waals surface area contributed by atoms with Crippen LogP contribution in [-0.4, -0.2) is 9.78 Å². The lowest BCUT2D eigenvalue weighted by atomic mass is 10.6. The molecule has 1 rings (SSSR count). The molecule has 0 fully saturated rings. The van der Waals surface area contributed by atoms with E-state index in [-0.39, 0.29) is 10.3 Å². The summed E-state index contributed by atoms with van der Waals surface area (Å²) in [6.07, 6.45) is 1.16. The van der Waals surface area contributed by atoms with Gasteiger partial charge < -0.3 is 5.73 Å². The number of anilines is 1. The van der Waals surface area contributed by atoms with Gasteiger partial charge >= 0.3 is 6.55 Å². The number of nitrogens with two attached hydrogens (primary N) is 1. The largest absolute Gasteiger partial charge is 0.395 e. The summed E-state index contributed by atoms with van der Waals surface area (Å²) < 4.78 is 24.3. The first kappa shape index (κ1) is 7.46. The van der Waals surface area contributed by atoms with Crippen LogP contribution in [0.4, 0.5) is 14.5 Å². The minimum atomic E-state index is -2.65. The first-order chi connectivity index (χ1) is 4.63. The van der Waals surface area contributed by atoms with Crippen molar-refractivity contribution < 1.29 is 8.78 Å². The molecule has 10 heavy (non-hydrogen) atoms. The third-order valence-electron chi connectivity index (χ3n) is 0.945. The molecule has 0 unspecified atom stereocenters. The minimum Gasteiger partial charge on any atom is -0.395 e. The van der Waals surface area contributed by atoms with E-state index in [1.54, 1.807) is 0 Å². The number of hydrogen-bond donors (Lipinski definition) is 1. The van der Waals surface area contributed by atoms with E-state index in [1.165, 1.54) is 0 Å². The first-order valence-electron chi connectivity index (χ1n) is 2.39. The molecule has 1 heterocycles. The van der Waals surface area contributed by atoms with Gasteiger partial charge in [0.1, 0.15) is 4.60 Å². The van der Waals surface area contributed by atoms with Gasteiger partial charge in [0, 0.05) is 0 Å². The molecule has 0 aliphatic heterocycles. The van der Waals surface area contributed by atoms with Crippen LogP contribution in [0.1, 0.15) is 6.55 Å². The molecule has 1 aromatic heterocycles. The van der Waals surface area contributed by atoms with Crippen molar-refractivity contribution in [3.05, 3.63) is 10.8 Å². The Balaban J connectivity index is 3.05. The summed E-state index contributed by atoms with van der Waals surface area (Å²) in [7, 11) is 0. The van der Waals surface area contributed by atoms with Crippen molar-refractivity contribution in [2.45, 2.75) is 6.55 Å². The number of nitrogens with zero attached hydrogens (tertiary/aromatic N) is 2. The normalized spacial score (nSPS) is 10.8. The van der Waals surface area contributed by atoms with E-state index in [2.05, 4.69) is 21.0 Å². The summed E-state index contributed by atoms with van der Waals surface area (Å²) >= 11 is 2.85. The number of aromatic nitrogens is 2. The minimum absolute atomic E-state index is 0.113. The summed E-state index contributed by atoms with van der Waals surface area (Å²) in [5, 5.41) is 3.31. The summed E-state index contributed by atoms with van der Waals surface area (Å²) in [6, 6.07) is 0. The Hall–Kier alpha value is -0.650. The van der Waals surface area contributed by atoms with Gasteiger partial charge in [0.25, 0.3) is 0 Å². The third kappa shape index (κ3) is 1.11. The highest BCUT2D eigenvalue weighted by Crippen LogP contribution is 2.22. The smallest absolute Gasteiger partial charge is 0.334 e. The van der Waals surface area contributed by atoms with E-state index >= 15 is 0 Å². The fraction of sp³-hybridized carbons (Fsp3) is 0.250. The molecule has 1 aromatic rings. The Bertz CT molecular complexity index is 234. The second-order valence-electron chi connectivity index (χ2n) is 1.61. The lowest BCUT2D eigenvalue weighted by molar-refractivity contribution is 0.0542. The first-order valence-corrected chi connectivity index (χ1v) is 3.19. The van der Waals surface area contributed by atoms with E-state index in [0.29, 0.717) is 4.68 Å².